The van der Waals surface area contributed by atoms with Crippen LogP contribution in [0.4, 0.5) is 0 Å². The van der Waals surface area contributed by atoms with Crippen molar-refractivity contribution in [1.82, 2.24) is 5.32 Å². The van der Waals surface area contributed by atoms with E-state index < -0.39 is 6.10 Å². The minimum atomic E-state index is -0.631. The number of rotatable bonds is 8. The summed E-state index contributed by atoms with van der Waals surface area (Å²) in [5.41, 5.74) is 1.16. The van der Waals surface area contributed by atoms with Crippen LogP contribution in [0, 0.1) is 0 Å². The number of carbonyl (C=O) groups excluding carboxylic acids is 1. The summed E-state index contributed by atoms with van der Waals surface area (Å²) in [5, 5.41) is 12.9. The second-order valence-corrected chi connectivity index (χ2v) is 5.35. The Balaban J connectivity index is 2.03. The van der Waals surface area contributed by atoms with Gasteiger partial charge in [-0.1, -0.05) is 30.3 Å². The molecule has 0 aliphatic rings. The Labute approximate surface area is 147 Å². The molecule has 0 aromatic heterocycles. The van der Waals surface area contributed by atoms with Gasteiger partial charge < -0.3 is 24.6 Å². The smallest absolute Gasteiger partial charge is 0.255 e. The van der Waals surface area contributed by atoms with Crippen LogP contribution in [0.2, 0.25) is 0 Å². The predicted octanol–water partition coefficient (Wildman–Crippen LogP) is 2.57. The van der Waals surface area contributed by atoms with Crippen molar-refractivity contribution in [3.63, 3.8) is 0 Å². The molecule has 134 valence electrons. The molecule has 6 nitrogen and oxygen atoms in total. The van der Waals surface area contributed by atoms with Crippen LogP contribution in [-0.4, -0.2) is 38.9 Å². The van der Waals surface area contributed by atoms with E-state index in [0.717, 1.165) is 5.56 Å². The number of methoxy groups -OCH3 is 3. The first-order chi connectivity index (χ1) is 12.1. The van der Waals surface area contributed by atoms with Crippen molar-refractivity contribution < 1.29 is 24.1 Å². The van der Waals surface area contributed by atoms with Gasteiger partial charge in [-0.25, -0.2) is 0 Å². The van der Waals surface area contributed by atoms with Gasteiger partial charge in [-0.05, 0) is 24.1 Å². The molecule has 1 unspecified atom stereocenters. The van der Waals surface area contributed by atoms with Gasteiger partial charge in [-0.3, -0.25) is 4.79 Å². The zero-order chi connectivity index (χ0) is 18.2. The Morgan fingerprint density at radius 2 is 1.68 bits per heavy atom. The van der Waals surface area contributed by atoms with Crippen LogP contribution in [0.1, 0.15) is 28.4 Å². The van der Waals surface area contributed by atoms with Gasteiger partial charge in [0.15, 0.2) is 11.5 Å². The normalized spacial score (nSPS) is 11.5. The summed E-state index contributed by atoms with van der Waals surface area (Å²) in [7, 11) is 4.47. The van der Waals surface area contributed by atoms with E-state index in [0.29, 0.717) is 35.8 Å². The van der Waals surface area contributed by atoms with Gasteiger partial charge in [0.2, 0.25) is 5.75 Å². The van der Waals surface area contributed by atoms with E-state index in [1.165, 1.54) is 21.3 Å². The van der Waals surface area contributed by atoms with E-state index >= 15 is 0 Å². The highest BCUT2D eigenvalue weighted by atomic mass is 16.5. The van der Waals surface area contributed by atoms with Crippen molar-refractivity contribution in [1.29, 1.82) is 0 Å². The largest absolute Gasteiger partial charge is 0.493 e. The van der Waals surface area contributed by atoms with Crippen LogP contribution in [0.5, 0.6) is 17.2 Å². The first-order valence-corrected chi connectivity index (χ1v) is 7.92. The predicted molar refractivity (Wildman–Crippen MR) is 94.5 cm³/mol. The molecule has 2 rings (SSSR count). The summed E-state index contributed by atoms with van der Waals surface area (Å²) < 4.78 is 15.8. The number of ether oxygens (including phenoxy) is 3. The molecular weight excluding hydrogens is 322 g/mol. The highest BCUT2D eigenvalue weighted by Crippen LogP contribution is 2.39. The zero-order valence-corrected chi connectivity index (χ0v) is 14.6. The lowest BCUT2D eigenvalue weighted by Crippen LogP contribution is -2.26. The maximum atomic E-state index is 12.4. The average molecular weight is 345 g/mol. The second kappa shape index (κ2) is 8.94. The summed E-state index contributed by atoms with van der Waals surface area (Å²) in [4.78, 5) is 12.4. The Kier molecular flexibility index (Phi) is 6.65. The van der Waals surface area contributed by atoms with Crippen molar-refractivity contribution in [2.75, 3.05) is 27.9 Å². The quantitative estimate of drug-likeness (QED) is 0.769. The number of aliphatic hydroxyl groups excluding tert-OH is 1. The van der Waals surface area contributed by atoms with E-state index in [2.05, 4.69) is 5.32 Å². The number of hydrogen-bond acceptors (Lipinski definition) is 5. The number of amides is 1. The summed E-state index contributed by atoms with van der Waals surface area (Å²) in [6.45, 7) is 0.326. The number of benzene rings is 2. The molecule has 1 amide bonds. The lowest BCUT2D eigenvalue weighted by Gasteiger charge is -2.16. The minimum absolute atomic E-state index is 0.307. The van der Waals surface area contributed by atoms with Gasteiger partial charge in [-0.15, -0.1) is 0 Å². The standard InChI is InChI=1S/C19H23NO5/c1-23-16-10-9-14(17(24-2)18(16)25-3)19(22)20-12-11-15(21)13-7-5-4-6-8-13/h4-10,15,21H,11-12H2,1-3H3,(H,20,22). The first-order valence-electron chi connectivity index (χ1n) is 7.92. The monoisotopic (exact) mass is 345 g/mol. The van der Waals surface area contributed by atoms with E-state index in [4.69, 9.17) is 14.2 Å². The Morgan fingerprint density at radius 3 is 2.28 bits per heavy atom. The highest BCUT2D eigenvalue weighted by molar-refractivity contribution is 5.98. The molecule has 25 heavy (non-hydrogen) atoms. The molecule has 0 heterocycles. The number of nitrogens with one attached hydrogen (secondary N) is 1. The van der Waals surface area contributed by atoms with Crippen molar-refractivity contribution in [3.8, 4) is 17.2 Å². The molecule has 0 bridgehead atoms. The fourth-order valence-corrected chi connectivity index (χ4v) is 2.54. The summed E-state index contributed by atoms with van der Waals surface area (Å²) >= 11 is 0. The summed E-state index contributed by atoms with van der Waals surface area (Å²) in [6.07, 6.45) is -0.223. The molecule has 0 fully saturated rings. The highest BCUT2D eigenvalue weighted by Gasteiger charge is 2.20. The van der Waals surface area contributed by atoms with Crippen molar-refractivity contribution in [2.45, 2.75) is 12.5 Å². The Bertz CT molecular complexity index is 702. The summed E-state index contributed by atoms with van der Waals surface area (Å²) in [6, 6.07) is 12.6. The molecule has 0 aliphatic heterocycles. The van der Waals surface area contributed by atoms with Crippen LogP contribution in [-0.2, 0) is 0 Å². The number of aliphatic hydroxyl groups is 1. The van der Waals surface area contributed by atoms with Gasteiger partial charge in [-0.2, -0.15) is 0 Å². The average Bonchev–Trinajstić information content (AvgIpc) is 2.66. The van der Waals surface area contributed by atoms with E-state index in [9.17, 15) is 9.90 Å². The molecule has 6 heteroatoms. The van der Waals surface area contributed by atoms with Crippen LogP contribution in [0.3, 0.4) is 0 Å². The van der Waals surface area contributed by atoms with Gasteiger partial charge in [0.1, 0.15) is 0 Å². The molecule has 0 spiro atoms. The van der Waals surface area contributed by atoms with Gasteiger partial charge in [0, 0.05) is 6.54 Å². The molecule has 0 radical (unpaired) electrons. The van der Waals surface area contributed by atoms with Crippen LogP contribution in [0.25, 0.3) is 0 Å². The third-order valence-electron chi connectivity index (χ3n) is 3.84. The van der Waals surface area contributed by atoms with Crippen molar-refractivity contribution in [3.05, 3.63) is 53.6 Å². The zero-order valence-electron chi connectivity index (χ0n) is 14.6. The number of hydrogen-bond donors (Lipinski definition) is 2. The lowest BCUT2D eigenvalue weighted by atomic mass is 10.1. The third kappa shape index (κ3) is 4.42. The minimum Gasteiger partial charge on any atom is -0.493 e. The molecule has 2 N–H and O–H groups in total. The molecular formula is C19H23NO5. The van der Waals surface area contributed by atoms with Crippen molar-refractivity contribution in [2.24, 2.45) is 0 Å². The molecule has 2 aromatic carbocycles. The van der Waals surface area contributed by atoms with Crippen LogP contribution >= 0.6 is 0 Å². The van der Waals surface area contributed by atoms with E-state index in [1.807, 2.05) is 30.3 Å². The fourth-order valence-electron chi connectivity index (χ4n) is 2.54. The SMILES string of the molecule is COc1ccc(C(=O)NCCC(O)c2ccccc2)c(OC)c1OC. The van der Waals surface area contributed by atoms with Gasteiger partial charge in [0.25, 0.3) is 5.91 Å². The lowest BCUT2D eigenvalue weighted by molar-refractivity contribution is 0.0939. The number of carbonyl (C=O) groups is 1. The van der Waals surface area contributed by atoms with Crippen LogP contribution in [0.15, 0.2) is 42.5 Å². The van der Waals surface area contributed by atoms with Gasteiger partial charge in [0.05, 0.1) is 33.0 Å². The molecule has 0 saturated carbocycles. The second-order valence-electron chi connectivity index (χ2n) is 5.35. The molecule has 0 aliphatic carbocycles. The van der Waals surface area contributed by atoms with E-state index in [-0.39, 0.29) is 5.91 Å². The van der Waals surface area contributed by atoms with Gasteiger partial charge >= 0.3 is 0 Å². The molecule has 0 saturated heterocycles. The first kappa shape index (κ1) is 18.6. The van der Waals surface area contributed by atoms with Crippen LogP contribution < -0.4 is 19.5 Å². The third-order valence-corrected chi connectivity index (χ3v) is 3.84. The fraction of sp³-hybridized carbons (Fsp3) is 0.316. The maximum absolute atomic E-state index is 12.4. The molecule has 1 atom stereocenters. The summed E-state index contributed by atoms with van der Waals surface area (Å²) in [5.74, 6) is 0.846. The maximum Gasteiger partial charge on any atom is 0.255 e. The van der Waals surface area contributed by atoms with Crippen molar-refractivity contribution >= 4 is 5.91 Å². The Hall–Kier alpha value is -2.73. The van der Waals surface area contributed by atoms with E-state index in [1.54, 1.807) is 12.1 Å². The molecule has 2 aromatic rings. The topological polar surface area (TPSA) is 77.0 Å². The Morgan fingerprint density at radius 1 is 1.00 bits per heavy atom.